The molecule has 3 atom stereocenters. The van der Waals surface area contributed by atoms with Gasteiger partial charge in [0, 0.05) is 6.42 Å². The number of ether oxygens (including phenoxy) is 2. The summed E-state index contributed by atoms with van der Waals surface area (Å²) in [4.78, 5) is 23.2. The van der Waals surface area contributed by atoms with E-state index in [0.29, 0.717) is 13.0 Å². The second kappa shape index (κ2) is 9.82. The molecule has 0 aromatic carbocycles. The van der Waals surface area contributed by atoms with Gasteiger partial charge in [-0.25, -0.2) is 0 Å². The predicted molar refractivity (Wildman–Crippen MR) is 74.7 cm³/mol. The molecule has 4 heteroatoms. The maximum Gasteiger partial charge on any atom is 0.308 e. The van der Waals surface area contributed by atoms with Crippen LogP contribution in [0.5, 0.6) is 0 Å². The van der Waals surface area contributed by atoms with E-state index in [9.17, 15) is 9.59 Å². The van der Waals surface area contributed by atoms with Gasteiger partial charge in [-0.2, -0.15) is 0 Å². The molecule has 0 aliphatic rings. The number of carbonyl (C=O) groups is 2. The van der Waals surface area contributed by atoms with Gasteiger partial charge in [-0.15, -0.1) is 0 Å². The first-order valence-electron chi connectivity index (χ1n) is 7.33. The number of carbonyl (C=O) groups excluding carboxylic acids is 2. The summed E-state index contributed by atoms with van der Waals surface area (Å²) in [5, 5.41) is 0. The van der Waals surface area contributed by atoms with Crippen LogP contribution in [-0.4, -0.2) is 24.6 Å². The summed E-state index contributed by atoms with van der Waals surface area (Å²) in [6.45, 7) is 9.90. The first-order valence-corrected chi connectivity index (χ1v) is 7.33. The third kappa shape index (κ3) is 7.19. The maximum absolute atomic E-state index is 11.7. The van der Waals surface area contributed by atoms with Crippen molar-refractivity contribution >= 4 is 11.9 Å². The summed E-state index contributed by atoms with van der Waals surface area (Å²) >= 11 is 0. The van der Waals surface area contributed by atoms with Crippen LogP contribution in [0.3, 0.4) is 0 Å². The zero-order valence-corrected chi connectivity index (χ0v) is 12.9. The average molecular weight is 272 g/mol. The second-order valence-electron chi connectivity index (χ2n) is 5.04. The van der Waals surface area contributed by atoms with E-state index in [2.05, 4.69) is 0 Å². The molecule has 0 heterocycles. The molecule has 0 unspecified atom stereocenters. The third-order valence-electron chi connectivity index (χ3n) is 3.45. The van der Waals surface area contributed by atoms with Crippen molar-refractivity contribution in [2.75, 3.05) is 6.61 Å². The molecule has 112 valence electrons. The minimum atomic E-state index is -0.175. The van der Waals surface area contributed by atoms with Crippen molar-refractivity contribution in [3.63, 3.8) is 0 Å². The fourth-order valence-corrected chi connectivity index (χ4v) is 1.39. The van der Waals surface area contributed by atoms with Crippen LogP contribution in [0.2, 0.25) is 0 Å². The Bertz CT molecular complexity index is 275. The summed E-state index contributed by atoms with van der Waals surface area (Å²) in [6.07, 6.45) is 2.70. The molecule has 0 fully saturated rings. The van der Waals surface area contributed by atoms with Crippen LogP contribution < -0.4 is 0 Å². The molecule has 0 radical (unpaired) electrons. The Morgan fingerprint density at radius 3 is 1.89 bits per heavy atom. The maximum atomic E-state index is 11.7. The van der Waals surface area contributed by atoms with Gasteiger partial charge in [0.15, 0.2) is 0 Å². The van der Waals surface area contributed by atoms with E-state index in [1.165, 1.54) is 0 Å². The molecule has 0 rings (SSSR count). The molecule has 0 spiro atoms. The first kappa shape index (κ1) is 17.9. The summed E-state index contributed by atoms with van der Waals surface area (Å²) in [5.74, 6) is -0.479. The fourth-order valence-electron chi connectivity index (χ4n) is 1.39. The highest BCUT2D eigenvalue weighted by molar-refractivity contribution is 5.72. The van der Waals surface area contributed by atoms with Crippen LogP contribution >= 0.6 is 0 Å². The van der Waals surface area contributed by atoms with Gasteiger partial charge in [-0.3, -0.25) is 9.59 Å². The first-order chi connectivity index (χ1) is 8.96. The minimum Gasteiger partial charge on any atom is -0.465 e. The topological polar surface area (TPSA) is 52.6 Å². The van der Waals surface area contributed by atoms with Gasteiger partial charge in [0.25, 0.3) is 0 Å². The van der Waals surface area contributed by atoms with Crippen molar-refractivity contribution in [1.29, 1.82) is 0 Å². The van der Waals surface area contributed by atoms with Crippen molar-refractivity contribution in [2.45, 2.75) is 66.4 Å². The van der Waals surface area contributed by atoms with Gasteiger partial charge >= 0.3 is 11.9 Å². The van der Waals surface area contributed by atoms with Crippen LogP contribution in [0.15, 0.2) is 0 Å². The summed E-state index contributed by atoms with van der Waals surface area (Å²) in [6, 6.07) is 0. The van der Waals surface area contributed by atoms with E-state index in [1.54, 1.807) is 0 Å². The predicted octanol–water partition coefficient (Wildman–Crippen LogP) is 3.33. The van der Waals surface area contributed by atoms with Crippen molar-refractivity contribution in [3.05, 3.63) is 0 Å². The normalized spacial score (nSPS) is 15.4. The molecule has 0 aromatic rings. The Morgan fingerprint density at radius 1 is 0.895 bits per heavy atom. The van der Waals surface area contributed by atoms with Crippen LogP contribution in [0.25, 0.3) is 0 Å². The minimum absolute atomic E-state index is 0.0669. The fraction of sp³-hybridized carbons (Fsp3) is 0.867. The monoisotopic (exact) mass is 272 g/mol. The standard InChI is InChI=1S/C15H28O4/c1-6-11(4)14(16)18-10-9-13(8-3)19-15(17)12(5)7-2/h11-13H,6-10H2,1-5H3/t11-,12-,13-/m1/s1. The van der Waals surface area contributed by atoms with E-state index in [1.807, 2.05) is 34.6 Å². The van der Waals surface area contributed by atoms with Gasteiger partial charge in [-0.05, 0) is 19.3 Å². The number of rotatable bonds is 9. The molecule has 0 aliphatic heterocycles. The van der Waals surface area contributed by atoms with Crippen LogP contribution in [0.4, 0.5) is 0 Å². The van der Waals surface area contributed by atoms with Crippen molar-refractivity contribution < 1.29 is 19.1 Å². The summed E-state index contributed by atoms with van der Waals surface area (Å²) < 4.78 is 10.6. The molecular weight excluding hydrogens is 244 g/mol. The van der Waals surface area contributed by atoms with Crippen molar-refractivity contribution in [3.8, 4) is 0 Å². The number of esters is 2. The zero-order valence-electron chi connectivity index (χ0n) is 12.9. The molecule has 0 saturated heterocycles. The molecule has 0 bridgehead atoms. The largest absolute Gasteiger partial charge is 0.465 e. The lowest BCUT2D eigenvalue weighted by molar-refractivity contribution is -0.156. The van der Waals surface area contributed by atoms with Gasteiger partial charge in [0.2, 0.25) is 0 Å². The lowest BCUT2D eigenvalue weighted by Gasteiger charge is -2.18. The molecule has 4 nitrogen and oxygen atoms in total. The molecule has 0 aliphatic carbocycles. The quantitative estimate of drug-likeness (QED) is 0.604. The average Bonchev–Trinajstić information content (AvgIpc) is 2.43. The Morgan fingerprint density at radius 2 is 1.42 bits per heavy atom. The summed E-state index contributed by atoms with van der Waals surface area (Å²) in [7, 11) is 0. The highest BCUT2D eigenvalue weighted by Gasteiger charge is 2.18. The number of hydrogen-bond acceptors (Lipinski definition) is 4. The molecular formula is C15H28O4. The Hall–Kier alpha value is -1.06. The SMILES string of the molecule is CC[C@H](CCOC(=O)[C@H](C)CC)OC(=O)[C@H](C)CC. The molecule has 19 heavy (non-hydrogen) atoms. The van der Waals surface area contributed by atoms with Crippen LogP contribution in [0.1, 0.15) is 60.3 Å². The van der Waals surface area contributed by atoms with Crippen molar-refractivity contribution in [1.82, 2.24) is 0 Å². The lowest BCUT2D eigenvalue weighted by atomic mass is 10.1. The molecule has 0 saturated carbocycles. The van der Waals surface area contributed by atoms with Crippen molar-refractivity contribution in [2.24, 2.45) is 11.8 Å². The van der Waals surface area contributed by atoms with Gasteiger partial charge in [0.05, 0.1) is 18.4 Å². The van der Waals surface area contributed by atoms with E-state index >= 15 is 0 Å². The zero-order chi connectivity index (χ0) is 14.8. The Kier molecular flexibility index (Phi) is 9.27. The van der Waals surface area contributed by atoms with Gasteiger partial charge in [0.1, 0.15) is 6.10 Å². The van der Waals surface area contributed by atoms with E-state index in [0.717, 1.165) is 19.3 Å². The van der Waals surface area contributed by atoms with E-state index in [4.69, 9.17) is 9.47 Å². The Balaban J connectivity index is 4.01. The molecule has 0 amide bonds. The van der Waals surface area contributed by atoms with E-state index in [-0.39, 0.29) is 29.9 Å². The third-order valence-corrected chi connectivity index (χ3v) is 3.45. The Labute approximate surface area is 116 Å². The second-order valence-corrected chi connectivity index (χ2v) is 5.04. The molecule has 0 aromatic heterocycles. The summed E-state index contributed by atoms with van der Waals surface area (Å²) in [5.41, 5.74) is 0. The van der Waals surface area contributed by atoms with Crippen LogP contribution in [0, 0.1) is 11.8 Å². The van der Waals surface area contributed by atoms with Gasteiger partial charge < -0.3 is 9.47 Å². The highest BCUT2D eigenvalue weighted by atomic mass is 16.6. The van der Waals surface area contributed by atoms with E-state index < -0.39 is 0 Å². The molecule has 0 N–H and O–H groups in total. The highest BCUT2D eigenvalue weighted by Crippen LogP contribution is 2.11. The lowest BCUT2D eigenvalue weighted by Crippen LogP contribution is -2.24. The van der Waals surface area contributed by atoms with Gasteiger partial charge in [-0.1, -0.05) is 34.6 Å². The number of hydrogen-bond donors (Lipinski definition) is 0. The smallest absolute Gasteiger partial charge is 0.308 e. The van der Waals surface area contributed by atoms with Crippen LogP contribution in [-0.2, 0) is 19.1 Å².